The van der Waals surface area contributed by atoms with Crippen molar-refractivity contribution in [2.24, 2.45) is 5.92 Å². The first-order chi connectivity index (χ1) is 6.13. The average Bonchev–Trinajstić information content (AvgIpc) is 2.17. The van der Waals surface area contributed by atoms with E-state index in [0.717, 1.165) is 25.7 Å². The van der Waals surface area contributed by atoms with E-state index in [9.17, 15) is 9.90 Å². The van der Waals surface area contributed by atoms with Gasteiger partial charge in [0.1, 0.15) is 5.76 Å². The molecule has 0 spiro atoms. The van der Waals surface area contributed by atoms with E-state index in [1.165, 1.54) is 13.3 Å². The Kier molecular flexibility index (Phi) is 3.34. The van der Waals surface area contributed by atoms with Gasteiger partial charge in [-0.15, -0.1) is 0 Å². The van der Waals surface area contributed by atoms with Crippen LogP contribution in [0.3, 0.4) is 0 Å². The maximum absolute atomic E-state index is 10.6. The van der Waals surface area contributed by atoms with E-state index in [2.05, 4.69) is 0 Å². The Balaban J connectivity index is 2.68. The zero-order valence-electron chi connectivity index (χ0n) is 7.92. The van der Waals surface area contributed by atoms with Crippen LogP contribution in [0.2, 0.25) is 0 Å². The fraction of sp³-hybridized carbons (Fsp3) is 0.700. The molecular formula is C10H16O3. The van der Waals surface area contributed by atoms with Gasteiger partial charge < -0.3 is 10.2 Å². The van der Waals surface area contributed by atoms with Gasteiger partial charge in [-0.1, -0.05) is 19.3 Å². The van der Waals surface area contributed by atoms with Crippen LogP contribution < -0.4 is 0 Å². The van der Waals surface area contributed by atoms with Crippen molar-refractivity contribution in [1.82, 2.24) is 0 Å². The second-order valence-corrected chi connectivity index (χ2v) is 3.65. The van der Waals surface area contributed by atoms with Gasteiger partial charge in [-0.05, 0) is 19.8 Å². The lowest BCUT2D eigenvalue weighted by atomic mass is 9.86. The molecule has 0 bridgehead atoms. The van der Waals surface area contributed by atoms with Gasteiger partial charge in [0.2, 0.25) is 0 Å². The number of hydrogen-bond donors (Lipinski definition) is 2. The number of aliphatic hydroxyl groups is 1. The summed E-state index contributed by atoms with van der Waals surface area (Å²) >= 11 is 0. The molecule has 1 aliphatic carbocycles. The van der Waals surface area contributed by atoms with Crippen LogP contribution in [0.4, 0.5) is 0 Å². The van der Waals surface area contributed by atoms with Gasteiger partial charge in [0, 0.05) is 5.92 Å². The maximum atomic E-state index is 10.6. The third-order valence-electron chi connectivity index (χ3n) is 2.70. The van der Waals surface area contributed by atoms with Crippen molar-refractivity contribution in [3.8, 4) is 0 Å². The highest BCUT2D eigenvalue weighted by Crippen LogP contribution is 2.29. The van der Waals surface area contributed by atoms with Gasteiger partial charge in [0.05, 0.1) is 5.57 Å². The van der Waals surface area contributed by atoms with E-state index in [0.29, 0.717) is 0 Å². The van der Waals surface area contributed by atoms with Crippen molar-refractivity contribution < 1.29 is 15.0 Å². The summed E-state index contributed by atoms with van der Waals surface area (Å²) < 4.78 is 0. The molecular weight excluding hydrogens is 168 g/mol. The minimum Gasteiger partial charge on any atom is -0.511 e. The lowest BCUT2D eigenvalue weighted by molar-refractivity contribution is -0.132. The Labute approximate surface area is 78.1 Å². The average molecular weight is 184 g/mol. The van der Waals surface area contributed by atoms with E-state index in [-0.39, 0.29) is 17.3 Å². The molecule has 0 saturated heterocycles. The molecule has 3 heteroatoms. The highest BCUT2D eigenvalue weighted by molar-refractivity contribution is 5.86. The van der Waals surface area contributed by atoms with Crippen LogP contribution in [0.15, 0.2) is 11.3 Å². The second kappa shape index (κ2) is 4.30. The van der Waals surface area contributed by atoms with E-state index < -0.39 is 5.97 Å². The Morgan fingerprint density at radius 3 is 2.15 bits per heavy atom. The van der Waals surface area contributed by atoms with Crippen LogP contribution in [0.1, 0.15) is 39.0 Å². The third-order valence-corrected chi connectivity index (χ3v) is 2.70. The van der Waals surface area contributed by atoms with Gasteiger partial charge in [-0.3, -0.25) is 0 Å². The molecule has 13 heavy (non-hydrogen) atoms. The van der Waals surface area contributed by atoms with Gasteiger partial charge in [0.15, 0.2) is 0 Å². The third kappa shape index (κ3) is 2.47. The van der Waals surface area contributed by atoms with Crippen molar-refractivity contribution in [1.29, 1.82) is 0 Å². The SMILES string of the molecule is CC(C(=O)O)=C(O)C1CCCCC1. The zero-order valence-corrected chi connectivity index (χ0v) is 7.92. The van der Waals surface area contributed by atoms with E-state index in [4.69, 9.17) is 5.11 Å². The molecule has 0 radical (unpaired) electrons. The van der Waals surface area contributed by atoms with Crippen LogP contribution in [0, 0.1) is 5.92 Å². The van der Waals surface area contributed by atoms with Crippen molar-refractivity contribution in [2.75, 3.05) is 0 Å². The maximum Gasteiger partial charge on any atom is 0.334 e. The smallest absolute Gasteiger partial charge is 0.334 e. The molecule has 0 aromatic rings. The van der Waals surface area contributed by atoms with Crippen molar-refractivity contribution in [2.45, 2.75) is 39.0 Å². The van der Waals surface area contributed by atoms with Crippen LogP contribution in [0.25, 0.3) is 0 Å². The lowest BCUT2D eigenvalue weighted by Crippen LogP contribution is -2.13. The van der Waals surface area contributed by atoms with Crippen molar-refractivity contribution in [3.63, 3.8) is 0 Å². The molecule has 1 fully saturated rings. The Morgan fingerprint density at radius 1 is 1.15 bits per heavy atom. The zero-order chi connectivity index (χ0) is 9.84. The first-order valence-corrected chi connectivity index (χ1v) is 4.76. The van der Waals surface area contributed by atoms with E-state index in [1.807, 2.05) is 0 Å². The van der Waals surface area contributed by atoms with Crippen LogP contribution >= 0.6 is 0 Å². The summed E-state index contributed by atoms with van der Waals surface area (Å²) in [5, 5.41) is 18.3. The summed E-state index contributed by atoms with van der Waals surface area (Å²) in [4.78, 5) is 10.6. The Hall–Kier alpha value is -0.990. The minimum atomic E-state index is -1.01. The first-order valence-electron chi connectivity index (χ1n) is 4.76. The quantitative estimate of drug-likeness (QED) is 0.512. The molecule has 74 valence electrons. The molecule has 0 atom stereocenters. The molecule has 0 aromatic heterocycles. The molecule has 0 unspecified atom stereocenters. The molecule has 1 saturated carbocycles. The number of allylic oxidation sites excluding steroid dienone is 1. The molecule has 1 aliphatic rings. The summed E-state index contributed by atoms with van der Waals surface area (Å²) in [5.74, 6) is -0.833. The van der Waals surface area contributed by atoms with E-state index in [1.54, 1.807) is 0 Å². The van der Waals surface area contributed by atoms with Gasteiger partial charge in [-0.2, -0.15) is 0 Å². The van der Waals surface area contributed by atoms with Gasteiger partial charge in [0.25, 0.3) is 0 Å². The standard InChI is InChI=1S/C10H16O3/c1-7(10(12)13)9(11)8-5-3-2-4-6-8/h8,11H,2-6H2,1H3,(H,12,13). The fourth-order valence-electron chi connectivity index (χ4n) is 1.79. The Morgan fingerprint density at radius 2 is 1.69 bits per heavy atom. The highest BCUT2D eigenvalue weighted by atomic mass is 16.4. The topological polar surface area (TPSA) is 57.5 Å². The fourth-order valence-corrected chi connectivity index (χ4v) is 1.79. The summed E-state index contributed by atoms with van der Waals surface area (Å²) in [6, 6.07) is 0. The van der Waals surface area contributed by atoms with Gasteiger partial charge >= 0.3 is 5.97 Å². The highest BCUT2D eigenvalue weighted by Gasteiger charge is 2.21. The monoisotopic (exact) mass is 184 g/mol. The summed E-state index contributed by atoms with van der Waals surface area (Å²) in [7, 11) is 0. The summed E-state index contributed by atoms with van der Waals surface area (Å²) in [5.41, 5.74) is 0.104. The lowest BCUT2D eigenvalue weighted by Gasteiger charge is -2.21. The molecule has 0 heterocycles. The number of carboxylic acid groups (broad SMARTS) is 1. The number of hydrogen-bond acceptors (Lipinski definition) is 2. The second-order valence-electron chi connectivity index (χ2n) is 3.65. The Bertz CT molecular complexity index is 224. The molecule has 0 aliphatic heterocycles. The van der Waals surface area contributed by atoms with Crippen molar-refractivity contribution in [3.05, 3.63) is 11.3 Å². The van der Waals surface area contributed by atoms with E-state index >= 15 is 0 Å². The van der Waals surface area contributed by atoms with Crippen LogP contribution in [-0.2, 0) is 4.79 Å². The first kappa shape index (κ1) is 10.1. The van der Waals surface area contributed by atoms with Gasteiger partial charge in [-0.25, -0.2) is 4.79 Å². The molecule has 3 nitrogen and oxygen atoms in total. The minimum absolute atomic E-state index is 0.0878. The number of aliphatic carboxylic acids is 1. The predicted molar refractivity (Wildman–Crippen MR) is 49.5 cm³/mol. The predicted octanol–water partition coefficient (Wildman–Crippen LogP) is 2.48. The number of carboxylic acids is 1. The molecule has 1 rings (SSSR count). The number of rotatable bonds is 2. The summed E-state index contributed by atoms with van der Waals surface area (Å²) in [6.07, 6.45) is 5.26. The number of aliphatic hydroxyl groups excluding tert-OH is 1. The molecule has 2 N–H and O–H groups in total. The molecule has 0 amide bonds. The van der Waals surface area contributed by atoms with Crippen LogP contribution in [-0.4, -0.2) is 16.2 Å². The largest absolute Gasteiger partial charge is 0.511 e. The molecule has 0 aromatic carbocycles. The van der Waals surface area contributed by atoms with Crippen LogP contribution in [0.5, 0.6) is 0 Å². The summed E-state index contributed by atoms with van der Waals surface area (Å²) in [6.45, 7) is 1.46. The van der Waals surface area contributed by atoms with Crippen molar-refractivity contribution >= 4 is 5.97 Å². The number of carbonyl (C=O) groups is 1. The normalized spacial score (nSPS) is 21.0.